The maximum atomic E-state index is 5.95. The third kappa shape index (κ3) is 3.40. The standard InChI is InChI=1S/C14H18ClN5S/c1-18(2)7-8-19-9-20-13(16-17-14(20)21-10-19)11-3-5-12(15)6-4-11/h3-6H,7-10H2,1-2H3. The van der Waals surface area contributed by atoms with Gasteiger partial charge in [0.15, 0.2) is 11.0 Å². The van der Waals surface area contributed by atoms with Crippen LogP contribution in [0.5, 0.6) is 0 Å². The molecule has 0 saturated heterocycles. The third-order valence-corrected chi connectivity index (χ3v) is 4.71. The van der Waals surface area contributed by atoms with Crippen LogP contribution in [0.15, 0.2) is 29.4 Å². The molecule has 2 heterocycles. The van der Waals surface area contributed by atoms with Crippen LogP contribution in [-0.2, 0) is 6.67 Å². The summed E-state index contributed by atoms with van der Waals surface area (Å²) in [6, 6.07) is 7.75. The molecule has 1 aromatic heterocycles. The largest absolute Gasteiger partial charge is 0.308 e. The smallest absolute Gasteiger partial charge is 0.193 e. The Bertz CT molecular complexity index is 610. The SMILES string of the molecule is CN(C)CCN1CSc2nnc(-c3ccc(Cl)cc3)n2C1. The van der Waals surface area contributed by atoms with Crippen molar-refractivity contribution < 1.29 is 0 Å². The number of benzene rings is 1. The van der Waals surface area contributed by atoms with Gasteiger partial charge in [-0.3, -0.25) is 9.47 Å². The zero-order chi connectivity index (χ0) is 14.8. The zero-order valence-corrected chi connectivity index (χ0v) is 13.7. The number of fused-ring (bicyclic) bond motifs is 1. The van der Waals surface area contributed by atoms with Crippen LogP contribution < -0.4 is 0 Å². The molecule has 0 atom stereocenters. The van der Waals surface area contributed by atoms with Crippen LogP contribution in [0, 0.1) is 0 Å². The van der Waals surface area contributed by atoms with Crippen molar-refractivity contribution in [3.63, 3.8) is 0 Å². The summed E-state index contributed by atoms with van der Waals surface area (Å²) in [6.45, 7) is 2.92. The molecule has 0 unspecified atom stereocenters. The molecule has 3 rings (SSSR count). The Morgan fingerprint density at radius 2 is 2.00 bits per heavy atom. The molecule has 0 amide bonds. The quantitative estimate of drug-likeness (QED) is 0.864. The van der Waals surface area contributed by atoms with Gasteiger partial charge < -0.3 is 4.90 Å². The summed E-state index contributed by atoms with van der Waals surface area (Å²) in [5, 5.41) is 10.4. The average molecular weight is 324 g/mol. The van der Waals surface area contributed by atoms with E-state index in [4.69, 9.17) is 11.6 Å². The maximum absolute atomic E-state index is 5.95. The Balaban J connectivity index is 1.80. The van der Waals surface area contributed by atoms with E-state index in [-0.39, 0.29) is 0 Å². The molecule has 0 radical (unpaired) electrons. The Kier molecular flexibility index (Phi) is 4.49. The van der Waals surface area contributed by atoms with Crippen LogP contribution in [0.3, 0.4) is 0 Å². The monoisotopic (exact) mass is 323 g/mol. The third-order valence-electron chi connectivity index (χ3n) is 3.40. The van der Waals surface area contributed by atoms with Gasteiger partial charge in [0.1, 0.15) is 0 Å². The molecule has 0 spiro atoms. The van der Waals surface area contributed by atoms with Gasteiger partial charge in [0, 0.05) is 23.7 Å². The van der Waals surface area contributed by atoms with E-state index in [1.54, 1.807) is 11.8 Å². The van der Waals surface area contributed by atoms with E-state index in [9.17, 15) is 0 Å². The van der Waals surface area contributed by atoms with E-state index in [0.717, 1.165) is 47.2 Å². The lowest BCUT2D eigenvalue weighted by molar-refractivity contribution is 0.215. The van der Waals surface area contributed by atoms with E-state index in [0.29, 0.717) is 0 Å². The van der Waals surface area contributed by atoms with Gasteiger partial charge in [-0.05, 0) is 38.4 Å². The second-order valence-electron chi connectivity index (χ2n) is 5.35. The number of likely N-dealkylation sites (N-methyl/N-ethyl adjacent to an activating group) is 1. The molecule has 1 aromatic carbocycles. The number of hydrogen-bond donors (Lipinski definition) is 0. The molecule has 7 heteroatoms. The highest BCUT2D eigenvalue weighted by atomic mass is 35.5. The lowest BCUT2D eigenvalue weighted by Crippen LogP contribution is -2.35. The molecule has 0 fully saturated rings. The summed E-state index contributed by atoms with van der Waals surface area (Å²) in [5.41, 5.74) is 1.05. The van der Waals surface area contributed by atoms with E-state index < -0.39 is 0 Å². The lowest BCUT2D eigenvalue weighted by Gasteiger charge is -2.28. The summed E-state index contributed by atoms with van der Waals surface area (Å²) < 4.78 is 2.17. The average Bonchev–Trinajstić information content (AvgIpc) is 2.89. The van der Waals surface area contributed by atoms with E-state index >= 15 is 0 Å². The van der Waals surface area contributed by atoms with Gasteiger partial charge in [0.05, 0.1) is 12.5 Å². The van der Waals surface area contributed by atoms with Crippen molar-refractivity contribution in [3.05, 3.63) is 29.3 Å². The summed E-state index contributed by atoms with van der Waals surface area (Å²) in [5.74, 6) is 1.87. The van der Waals surface area contributed by atoms with Gasteiger partial charge in [0.2, 0.25) is 0 Å². The predicted octanol–water partition coefficient (Wildman–Crippen LogP) is 2.48. The minimum Gasteiger partial charge on any atom is -0.308 e. The second-order valence-corrected chi connectivity index (χ2v) is 6.70. The first-order valence-corrected chi connectivity index (χ1v) is 8.19. The molecular formula is C14H18ClN5S. The molecule has 0 bridgehead atoms. The van der Waals surface area contributed by atoms with Gasteiger partial charge in [0.25, 0.3) is 0 Å². The van der Waals surface area contributed by atoms with Crippen LogP contribution >= 0.6 is 23.4 Å². The van der Waals surface area contributed by atoms with E-state index in [1.807, 2.05) is 24.3 Å². The minimum absolute atomic E-state index is 0.735. The highest BCUT2D eigenvalue weighted by molar-refractivity contribution is 7.99. The molecule has 1 aliphatic rings. The molecule has 2 aromatic rings. The van der Waals surface area contributed by atoms with Crippen molar-refractivity contribution in [1.82, 2.24) is 24.6 Å². The Labute approximate surface area is 133 Å². The number of thioether (sulfide) groups is 1. The molecule has 5 nitrogen and oxygen atoms in total. The number of nitrogens with zero attached hydrogens (tertiary/aromatic N) is 5. The van der Waals surface area contributed by atoms with Gasteiger partial charge in [-0.15, -0.1) is 10.2 Å². The summed E-state index contributed by atoms with van der Waals surface area (Å²) in [6.07, 6.45) is 0. The van der Waals surface area contributed by atoms with Crippen molar-refractivity contribution in [2.75, 3.05) is 33.1 Å². The second kappa shape index (κ2) is 6.36. The number of aromatic nitrogens is 3. The summed E-state index contributed by atoms with van der Waals surface area (Å²) in [4.78, 5) is 4.60. The van der Waals surface area contributed by atoms with Crippen LogP contribution in [0.25, 0.3) is 11.4 Å². The first kappa shape index (κ1) is 14.8. The predicted molar refractivity (Wildman–Crippen MR) is 86.5 cm³/mol. The fraction of sp³-hybridized carbons (Fsp3) is 0.429. The topological polar surface area (TPSA) is 37.2 Å². The fourth-order valence-corrected chi connectivity index (χ4v) is 3.24. The molecule has 0 saturated carbocycles. The van der Waals surface area contributed by atoms with Crippen molar-refractivity contribution in [2.24, 2.45) is 0 Å². The summed E-state index contributed by atoms with van der Waals surface area (Å²) in [7, 11) is 4.20. The van der Waals surface area contributed by atoms with Crippen LogP contribution in [0.2, 0.25) is 5.02 Å². The van der Waals surface area contributed by atoms with Gasteiger partial charge in [-0.2, -0.15) is 0 Å². The molecular weight excluding hydrogens is 306 g/mol. The molecule has 0 N–H and O–H groups in total. The number of halogens is 1. The van der Waals surface area contributed by atoms with Crippen molar-refractivity contribution >= 4 is 23.4 Å². The molecule has 112 valence electrons. The highest BCUT2D eigenvalue weighted by Crippen LogP contribution is 2.29. The number of hydrogen-bond acceptors (Lipinski definition) is 5. The Hall–Kier alpha value is -1.08. The molecule has 21 heavy (non-hydrogen) atoms. The maximum Gasteiger partial charge on any atom is 0.193 e. The van der Waals surface area contributed by atoms with Crippen molar-refractivity contribution in [1.29, 1.82) is 0 Å². The Morgan fingerprint density at radius 3 is 2.71 bits per heavy atom. The van der Waals surface area contributed by atoms with E-state index in [2.05, 4.69) is 38.7 Å². The lowest BCUT2D eigenvalue weighted by atomic mass is 10.2. The van der Waals surface area contributed by atoms with Crippen molar-refractivity contribution in [2.45, 2.75) is 11.8 Å². The zero-order valence-electron chi connectivity index (χ0n) is 12.2. The van der Waals surface area contributed by atoms with E-state index in [1.165, 1.54) is 0 Å². The number of rotatable bonds is 4. The van der Waals surface area contributed by atoms with Crippen LogP contribution in [0.1, 0.15) is 0 Å². The highest BCUT2D eigenvalue weighted by Gasteiger charge is 2.22. The fourth-order valence-electron chi connectivity index (χ4n) is 2.20. The normalized spacial score (nSPS) is 15.4. The summed E-state index contributed by atoms with van der Waals surface area (Å²) >= 11 is 7.69. The van der Waals surface area contributed by atoms with Gasteiger partial charge in [-0.1, -0.05) is 23.4 Å². The van der Waals surface area contributed by atoms with Gasteiger partial charge in [-0.25, -0.2) is 0 Å². The first-order chi connectivity index (χ1) is 10.1. The molecule has 0 aliphatic carbocycles. The molecule has 1 aliphatic heterocycles. The first-order valence-electron chi connectivity index (χ1n) is 6.82. The van der Waals surface area contributed by atoms with Crippen LogP contribution in [0.4, 0.5) is 0 Å². The van der Waals surface area contributed by atoms with Gasteiger partial charge >= 0.3 is 0 Å². The minimum atomic E-state index is 0.735. The van der Waals surface area contributed by atoms with Crippen LogP contribution in [-0.4, -0.2) is 57.6 Å². The Morgan fingerprint density at radius 1 is 1.24 bits per heavy atom. The van der Waals surface area contributed by atoms with Crippen molar-refractivity contribution in [3.8, 4) is 11.4 Å².